The highest BCUT2D eigenvalue weighted by atomic mass is 79.9. The first-order valence-electron chi connectivity index (χ1n) is 12.3. The van der Waals surface area contributed by atoms with Gasteiger partial charge >= 0.3 is 6.01 Å². The third kappa shape index (κ3) is 6.15. The molecule has 4 heterocycles. The van der Waals surface area contributed by atoms with Crippen LogP contribution in [0.2, 0.25) is 0 Å². The Morgan fingerprint density at radius 2 is 1.93 bits per heavy atom. The molecule has 208 valence electrons. The van der Waals surface area contributed by atoms with Crippen molar-refractivity contribution in [3.05, 3.63) is 70.2 Å². The molecule has 1 saturated heterocycles. The number of nitrogens with two attached hydrogens (primary N) is 1. The van der Waals surface area contributed by atoms with Crippen molar-refractivity contribution in [2.75, 3.05) is 19.0 Å². The van der Waals surface area contributed by atoms with Gasteiger partial charge in [-0.2, -0.15) is 5.10 Å². The van der Waals surface area contributed by atoms with Crippen molar-refractivity contribution in [2.45, 2.75) is 25.2 Å². The van der Waals surface area contributed by atoms with Crippen molar-refractivity contribution >= 4 is 50.4 Å². The molecular weight excluding hydrogens is 599 g/mol. The zero-order valence-electron chi connectivity index (χ0n) is 21.5. The number of halogens is 2. The fraction of sp³-hybridized carbons (Fsp3) is 0.222. The summed E-state index contributed by atoms with van der Waals surface area (Å²) < 4.78 is 21.2. The number of amides is 3. The fourth-order valence-corrected chi connectivity index (χ4v) is 4.75. The third-order valence-electron chi connectivity index (χ3n) is 6.27. The van der Waals surface area contributed by atoms with Gasteiger partial charge in [0.2, 0.25) is 11.8 Å². The minimum atomic E-state index is -1.38. The molecule has 41 heavy (non-hydrogen) atoms. The lowest BCUT2D eigenvalue weighted by Crippen LogP contribution is -2.44. The van der Waals surface area contributed by atoms with Crippen molar-refractivity contribution in [2.24, 2.45) is 5.73 Å². The van der Waals surface area contributed by atoms with Crippen LogP contribution < -0.4 is 15.8 Å². The van der Waals surface area contributed by atoms with Crippen molar-refractivity contribution in [1.29, 1.82) is 0 Å². The minimum absolute atomic E-state index is 0.0518. The van der Waals surface area contributed by atoms with E-state index in [0.29, 0.717) is 26.6 Å². The number of pyridine rings is 1. The number of carbonyl (C=O) groups is 3. The van der Waals surface area contributed by atoms with Gasteiger partial charge in [-0.3, -0.25) is 19.1 Å². The number of primary amides is 1. The largest absolute Gasteiger partial charge is 0.467 e. The van der Waals surface area contributed by atoms with Gasteiger partial charge in [0.05, 0.1) is 24.7 Å². The van der Waals surface area contributed by atoms with Crippen LogP contribution >= 0.6 is 15.9 Å². The van der Waals surface area contributed by atoms with Gasteiger partial charge in [-0.15, -0.1) is 0 Å². The molecule has 0 unspecified atom stereocenters. The highest BCUT2D eigenvalue weighted by Gasteiger charge is 2.40. The molecule has 1 aromatic carbocycles. The van der Waals surface area contributed by atoms with Gasteiger partial charge in [0.1, 0.15) is 29.2 Å². The number of likely N-dealkylation sites (tertiary alicyclic amines) is 1. The Morgan fingerprint density at radius 1 is 1.17 bits per heavy atom. The predicted octanol–water partition coefficient (Wildman–Crippen LogP) is 2.07. The number of benzene rings is 1. The molecule has 1 fully saturated rings. The molecule has 1 aliphatic rings. The zero-order chi connectivity index (χ0) is 29.1. The van der Waals surface area contributed by atoms with Crippen LogP contribution in [0.4, 0.5) is 10.2 Å². The van der Waals surface area contributed by atoms with Crippen molar-refractivity contribution < 1.29 is 23.5 Å². The van der Waals surface area contributed by atoms with Crippen LogP contribution in [-0.2, 0) is 16.1 Å². The van der Waals surface area contributed by atoms with Crippen molar-refractivity contribution in [3.63, 3.8) is 0 Å². The third-order valence-corrected chi connectivity index (χ3v) is 6.71. The Kier molecular flexibility index (Phi) is 7.88. The van der Waals surface area contributed by atoms with Crippen LogP contribution in [0.5, 0.6) is 6.01 Å². The number of methoxy groups -OCH3 is 1. The molecule has 14 heteroatoms. The Labute approximate surface area is 241 Å². The molecule has 12 nitrogen and oxygen atoms in total. The second-order valence-corrected chi connectivity index (χ2v) is 9.85. The molecule has 0 aliphatic carbocycles. The number of nitrogens with one attached hydrogen (secondary N) is 1. The zero-order valence-corrected chi connectivity index (χ0v) is 23.1. The predicted molar refractivity (Wildman–Crippen MR) is 148 cm³/mol. The van der Waals surface area contributed by atoms with Crippen LogP contribution in [0, 0.1) is 11.8 Å². The second kappa shape index (κ2) is 11.7. The van der Waals surface area contributed by atoms with Gasteiger partial charge in [-0.25, -0.2) is 19.3 Å². The van der Waals surface area contributed by atoms with Crippen LogP contribution in [0.15, 0.2) is 53.4 Å². The lowest BCUT2D eigenvalue weighted by atomic mass is 10.1. The van der Waals surface area contributed by atoms with E-state index in [0.717, 1.165) is 0 Å². The van der Waals surface area contributed by atoms with Gasteiger partial charge < -0.3 is 20.7 Å². The molecule has 3 N–H and O–H groups in total. The topological polar surface area (TPSA) is 158 Å². The number of hydrogen-bond acceptors (Lipinski definition) is 8. The van der Waals surface area contributed by atoms with E-state index in [1.165, 1.54) is 29.1 Å². The van der Waals surface area contributed by atoms with Crippen LogP contribution in [0.25, 0.3) is 10.9 Å². The van der Waals surface area contributed by atoms with Gasteiger partial charge in [-0.05, 0) is 46.3 Å². The molecule has 1 aliphatic heterocycles. The highest BCUT2D eigenvalue weighted by Crippen LogP contribution is 2.25. The Balaban J connectivity index is 1.37. The Hall–Kier alpha value is -4.90. The summed E-state index contributed by atoms with van der Waals surface area (Å²) >= 11 is 3.23. The van der Waals surface area contributed by atoms with Crippen LogP contribution in [-0.4, -0.2) is 73.2 Å². The number of aromatic nitrogens is 5. The monoisotopic (exact) mass is 620 g/mol. The maximum Gasteiger partial charge on any atom is 0.316 e. The molecule has 4 aromatic rings. The van der Waals surface area contributed by atoms with Crippen molar-refractivity contribution in [1.82, 2.24) is 29.6 Å². The number of nitrogens with zero attached hydrogens (tertiary/aromatic N) is 6. The van der Waals surface area contributed by atoms with E-state index >= 15 is 0 Å². The standard InChI is InChI=1S/C27H22BrFN8O4/c1-41-27-31-11-16(12-32-27)6-5-15-7-8-19-18(9-15)24(25(30)39)35-37(19)14-23(38)36-13-17(29)10-20(36)26(40)34-22-4-2-3-21(28)33-22/h2-4,7-9,11-12,17,20H,10,13-14H2,1H3,(H2,30,39)(H,33,34,40)/t17-,20+/m1/s1. The van der Waals surface area contributed by atoms with Crippen LogP contribution in [0.1, 0.15) is 28.0 Å². The summed E-state index contributed by atoms with van der Waals surface area (Å²) in [4.78, 5) is 51.8. The molecule has 0 bridgehead atoms. The first-order chi connectivity index (χ1) is 19.7. The molecule has 5 rings (SSSR count). The summed E-state index contributed by atoms with van der Waals surface area (Å²) in [5.74, 6) is 4.26. The van der Waals surface area contributed by atoms with Crippen LogP contribution in [0.3, 0.4) is 0 Å². The lowest BCUT2D eigenvalue weighted by molar-refractivity contribution is -0.137. The molecule has 0 saturated carbocycles. The number of rotatable bonds is 6. The average molecular weight is 621 g/mol. The Bertz CT molecular complexity index is 1720. The van der Waals surface area contributed by atoms with E-state index in [2.05, 4.69) is 53.1 Å². The smallest absolute Gasteiger partial charge is 0.316 e. The second-order valence-electron chi connectivity index (χ2n) is 9.04. The quantitative estimate of drug-likeness (QED) is 0.245. The molecule has 3 aromatic heterocycles. The fourth-order valence-electron chi connectivity index (χ4n) is 4.41. The first-order valence-corrected chi connectivity index (χ1v) is 13.1. The van der Waals surface area contributed by atoms with E-state index in [4.69, 9.17) is 10.5 Å². The first kappa shape index (κ1) is 27.7. The summed E-state index contributed by atoms with van der Waals surface area (Å²) in [6.45, 7) is -0.594. The summed E-state index contributed by atoms with van der Waals surface area (Å²) in [7, 11) is 1.46. The summed E-state index contributed by atoms with van der Waals surface area (Å²) in [6.07, 6.45) is 1.50. The SMILES string of the molecule is COc1ncc(C#Cc2ccc3c(c2)c(C(N)=O)nn3CC(=O)N2C[C@H](F)C[C@H]2C(=O)Nc2cccc(Br)n2)cn1. The molecule has 0 radical (unpaired) electrons. The number of anilines is 1. The van der Waals surface area contributed by atoms with Gasteiger partial charge in [-0.1, -0.05) is 17.9 Å². The lowest BCUT2D eigenvalue weighted by Gasteiger charge is -2.23. The maximum absolute atomic E-state index is 14.4. The molecule has 0 spiro atoms. The number of alkyl halides is 1. The molecule has 2 atom stereocenters. The van der Waals surface area contributed by atoms with E-state index in [9.17, 15) is 18.8 Å². The maximum atomic E-state index is 14.4. The van der Waals surface area contributed by atoms with Gasteiger partial charge in [0, 0.05) is 29.8 Å². The van der Waals surface area contributed by atoms with Crippen molar-refractivity contribution in [3.8, 4) is 17.9 Å². The molecular formula is C27H22BrFN8O4. The average Bonchev–Trinajstić information content (AvgIpc) is 3.52. The molecule has 3 amide bonds. The van der Waals surface area contributed by atoms with Gasteiger partial charge in [0.15, 0.2) is 5.69 Å². The summed E-state index contributed by atoms with van der Waals surface area (Å²) in [5.41, 5.74) is 7.06. The number of ether oxygens (including phenoxy) is 1. The number of carbonyl (C=O) groups excluding carboxylic acids is 3. The normalized spacial score (nSPS) is 16.2. The van der Waals surface area contributed by atoms with E-state index in [1.807, 2.05) is 0 Å². The van der Waals surface area contributed by atoms with Gasteiger partial charge in [0.25, 0.3) is 5.91 Å². The van der Waals surface area contributed by atoms with E-state index in [1.54, 1.807) is 36.4 Å². The number of fused-ring (bicyclic) bond motifs is 1. The Morgan fingerprint density at radius 3 is 2.63 bits per heavy atom. The minimum Gasteiger partial charge on any atom is -0.467 e. The van der Waals surface area contributed by atoms with E-state index in [-0.39, 0.29) is 37.0 Å². The van der Waals surface area contributed by atoms with E-state index < -0.39 is 29.9 Å². The summed E-state index contributed by atoms with van der Waals surface area (Å²) in [6, 6.07) is 9.12. The number of hydrogen-bond donors (Lipinski definition) is 2. The highest BCUT2D eigenvalue weighted by molar-refractivity contribution is 9.10. The summed E-state index contributed by atoms with van der Waals surface area (Å²) in [5, 5.41) is 7.27.